The van der Waals surface area contributed by atoms with Crippen molar-refractivity contribution in [2.75, 3.05) is 0 Å². The monoisotopic (exact) mass is 232 g/mol. The van der Waals surface area contributed by atoms with Crippen LogP contribution in [-0.2, 0) is 6.54 Å². The van der Waals surface area contributed by atoms with Crippen molar-refractivity contribution in [3.8, 4) is 0 Å². The SMILES string of the molecule is S=c1[nH]c2ccccc2n1CCC1CCC1. The first-order valence-electron chi connectivity index (χ1n) is 6.02. The van der Waals surface area contributed by atoms with Crippen molar-refractivity contribution in [3.63, 3.8) is 0 Å². The molecule has 1 saturated carbocycles. The van der Waals surface area contributed by atoms with Gasteiger partial charge in [-0.1, -0.05) is 31.4 Å². The Labute approximate surface area is 100 Å². The third-order valence-corrected chi connectivity index (χ3v) is 3.99. The number of para-hydroxylation sites is 2. The molecule has 0 bridgehead atoms. The molecule has 2 aromatic rings. The van der Waals surface area contributed by atoms with Crippen molar-refractivity contribution in [3.05, 3.63) is 29.0 Å². The summed E-state index contributed by atoms with van der Waals surface area (Å²) in [4.78, 5) is 3.26. The molecule has 16 heavy (non-hydrogen) atoms. The standard InChI is InChI=1S/C13H16N2S/c16-13-14-11-6-1-2-7-12(11)15(13)9-8-10-4-3-5-10/h1-2,6-7,10H,3-5,8-9H2,(H,14,16). The summed E-state index contributed by atoms with van der Waals surface area (Å²) in [6, 6.07) is 8.35. The van der Waals surface area contributed by atoms with Crippen molar-refractivity contribution in [2.45, 2.75) is 32.2 Å². The van der Waals surface area contributed by atoms with E-state index in [1.807, 2.05) is 6.07 Å². The molecule has 3 heteroatoms. The van der Waals surface area contributed by atoms with Crippen LogP contribution >= 0.6 is 12.2 Å². The van der Waals surface area contributed by atoms with Crippen LogP contribution in [0.4, 0.5) is 0 Å². The molecule has 0 atom stereocenters. The van der Waals surface area contributed by atoms with E-state index in [1.165, 1.54) is 31.2 Å². The Morgan fingerprint density at radius 1 is 1.31 bits per heavy atom. The molecule has 0 amide bonds. The summed E-state index contributed by atoms with van der Waals surface area (Å²) in [7, 11) is 0. The van der Waals surface area contributed by atoms with E-state index in [1.54, 1.807) is 0 Å². The summed E-state index contributed by atoms with van der Waals surface area (Å²) in [6.45, 7) is 1.06. The molecule has 1 aliphatic carbocycles. The Hall–Kier alpha value is -1.09. The van der Waals surface area contributed by atoms with E-state index in [-0.39, 0.29) is 0 Å². The van der Waals surface area contributed by atoms with E-state index < -0.39 is 0 Å². The van der Waals surface area contributed by atoms with Crippen LogP contribution < -0.4 is 0 Å². The van der Waals surface area contributed by atoms with Crippen LogP contribution in [0, 0.1) is 10.7 Å². The summed E-state index contributed by atoms with van der Waals surface area (Å²) >= 11 is 5.37. The van der Waals surface area contributed by atoms with Gasteiger partial charge in [-0.2, -0.15) is 0 Å². The topological polar surface area (TPSA) is 20.7 Å². The van der Waals surface area contributed by atoms with Crippen molar-refractivity contribution in [2.24, 2.45) is 5.92 Å². The normalized spacial score (nSPS) is 16.5. The van der Waals surface area contributed by atoms with E-state index in [2.05, 4.69) is 27.8 Å². The predicted octanol–water partition coefficient (Wildman–Crippen LogP) is 3.89. The smallest absolute Gasteiger partial charge is 0.178 e. The highest BCUT2D eigenvalue weighted by atomic mass is 32.1. The van der Waals surface area contributed by atoms with E-state index in [0.29, 0.717) is 0 Å². The molecular weight excluding hydrogens is 216 g/mol. The number of aromatic amines is 1. The Morgan fingerprint density at radius 3 is 2.88 bits per heavy atom. The van der Waals surface area contributed by atoms with Crippen molar-refractivity contribution >= 4 is 23.3 Å². The lowest BCUT2D eigenvalue weighted by atomic mass is 9.83. The van der Waals surface area contributed by atoms with Crippen LogP contribution in [0.1, 0.15) is 25.7 Å². The molecule has 0 aliphatic heterocycles. The molecule has 1 N–H and O–H groups in total. The Morgan fingerprint density at radius 2 is 2.12 bits per heavy atom. The maximum Gasteiger partial charge on any atom is 0.178 e. The van der Waals surface area contributed by atoms with Gasteiger partial charge < -0.3 is 9.55 Å². The lowest BCUT2D eigenvalue weighted by molar-refractivity contribution is 0.283. The number of rotatable bonds is 3. The molecule has 1 aliphatic rings. The molecule has 0 spiro atoms. The van der Waals surface area contributed by atoms with Crippen LogP contribution in [-0.4, -0.2) is 9.55 Å². The fourth-order valence-corrected chi connectivity index (χ4v) is 2.72. The van der Waals surface area contributed by atoms with Crippen molar-refractivity contribution < 1.29 is 0 Å². The minimum absolute atomic E-state index is 0.862. The number of fused-ring (bicyclic) bond motifs is 1. The summed E-state index contributed by atoms with van der Waals surface area (Å²) in [6.07, 6.45) is 5.52. The van der Waals surface area contributed by atoms with Gasteiger partial charge in [-0.25, -0.2) is 0 Å². The number of H-pyrrole nitrogens is 1. The van der Waals surface area contributed by atoms with Gasteiger partial charge in [0.05, 0.1) is 11.0 Å². The van der Waals surface area contributed by atoms with Gasteiger partial charge in [0, 0.05) is 6.54 Å². The van der Waals surface area contributed by atoms with Crippen LogP contribution in [0.25, 0.3) is 11.0 Å². The number of hydrogen-bond acceptors (Lipinski definition) is 1. The second-order valence-electron chi connectivity index (χ2n) is 4.68. The second kappa shape index (κ2) is 4.06. The molecule has 1 fully saturated rings. The lowest BCUT2D eigenvalue weighted by Crippen LogP contribution is -2.13. The quantitative estimate of drug-likeness (QED) is 0.796. The second-order valence-corrected chi connectivity index (χ2v) is 5.07. The first-order chi connectivity index (χ1) is 7.84. The number of nitrogens with one attached hydrogen (secondary N) is 1. The summed E-state index contributed by atoms with van der Waals surface area (Å²) in [5.74, 6) is 0.940. The number of nitrogens with zero attached hydrogens (tertiary/aromatic N) is 1. The minimum atomic E-state index is 0.862. The molecule has 0 radical (unpaired) electrons. The van der Waals surface area contributed by atoms with Crippen LogP contribution in [0.2, 0.25) is 0 Å². The van der Waals surface area contributed by atoms with Crippen LogP contribution in [0.5, 0.6) is 0 Å². The zero-order chi connectivity index (χ0) is 11.0. The average molecular weight is 232 g/mol. The van der Waals surface area contributed by atoms with Crippen molar-refractivity contribution in [1.29, 1.82) is 0 Å². The van der Waals surface area contributed by atoms with Gasteiger partial charge in [-0.05, 0) is 36.7 Å². The van der Waals surface area contributed by atoms with E-state index in [0.717, 1.165) is 22.8 Å². The average Bonchev–Trinajstić information content (AvgIpc) is 2.53. The maximum absolute atomic E-state index is 5.37. The molecule has 2 nitrogen and oxygen atoms in total. The zero-order valence-electron chi connectivity index (χ0n) is 9.28. The number of hydrogen-bond donors (Lipinski definition) is 1. The summed E-state index contributed by atoms with van der Waals surface area (Å²) in [5.41, 5.74) is 2.40. The van der Waals surface area contributed by atoms with E-state index >= 15 is 0 Å². The van der Waals surface area contributed by atoms with Gasteiger partial charge in [-0.3, -0.25) is 0 Å². The molecule has 1 aromatic heterocycles. The first-order valence-corrected chi connectivity index (χ1v) is 6.43. The highest BCUT2D eigenvalue weighted by Crippen LogP contribution is 2.30. The Kier molecular flexibility index (Phi) is 2.56. The molecule has 0 saturated heterocycles. The molecule has 3 rings (SSSR count). The van der Waals surface area contributed by atoms with Gasteiger partial charge in [0.1, 0.15) is 0 Å². The number of benzene rings is 1. The van der Waals surface area contributed by atoms with Gasteiger partial charge in [-0.15, -0.1) is 0 Å². The van der Waals surface area contributed by atoms with Crippen LogP contribution in [0.3, 0.4) is 0 Å². The Balaban J connectivity index is 1.89. The molecule has 0 unspecified atom stereocenters. The fraction of sp³-hybridized carbons (Fsp3) is 0.462. The highest BCUT2D eigenvalue weighted by molar-refractivity contribution is 7.71. The highest BCUT2D eigenvalue weighted by Gasteiger charge is 2.17. The van der Waals surface area contributed by atoms with Crippen molar-refractivity contribution in [1.82, 2.24) is 9.55 Å². The Bertz CT molecular complexity index is 548. The number of aryl methyl sites for hydroxylation is 1. The van der Waals surface area contributed by atoms with Gasteiger partial charge in [0.25, 0.3) is 0 Å². The fourth-order valence-electron chi connectivity index (χ4n) is 2.42. The van der Waals surface area contributed by atoms with Gasteiger partial charge in [0.2, 0.25) is 0 Å². The predicted molar refractivity (Wildman–Crippen MR) is 69.1 cm³/mol. The van der Waals surface area contributed by atoms with Gasteiger partial charge in [0.15, 0.2) is 4.77 Å². The molecule has 1 aromatic carbocycles. The van der Waals surface area contributed by atoms with E-state index in [4.69, 9.17) is 12.2 Å². The zero-order valence-corrected chi connectivity index (χ0v) is 10.1. The molecule has 1 heterocycles. The lowest BCUT2D eigenvalue weighted by Gasteiger charge is -2.25. The summed E-state index contributed by atoms with van der Waals surface area (Å²) < 4.78 is 3.10. The third-order valence-electron chi connectivity index (χ3n) is 3.67. The number of aromatic nitrogens is 2. The molecular formula is C13H16N2S. The van der Waals surface area contributed by atoms with Gasteiger partial charge >= 0.3 is 0 Å². The maximum atomic E-state index is 5.37. The summed E-state index contributed by atoms with van der Waals surface area (Å²) in [5, 5.41) is 0. The first kappa shape index (κ1) is 10.1. The minimum Gasteiger partial charge on any atom is -0.331 e. The van der Waals surface area contributed by atoms with Crippen LogP contribution in [0.15, 0.2) is 24.3 Å². The third kappa shape index (κ3) is 1.69. The molecule has 84 valence electrons. The largest absolute Gasteiger partial charge is 0.331 e. The number of imidazole rings is 1. The van der Waals surface area contributed by atoms with E-state index in [9.17, 15) is 0 Å².